The van der Waals surface area contributed by atoms with E-state index >= 15 is 0 Å². The highest BCUT2D eigenvalue weighted by molar-refractivity contribution is 5.98. The van der Waals surface area contributed by atoms with E-state index in [0.717, 1.165) is 11.3 Å². The van der Waals surface area contributed by atoms with Gasteiger partial charge >= 0.3 is 0 Å². The molecule has 2 aromatic heterocycles. The minimum absolute atomic E-state index is 0.192. The van der Waals surface area contributed by atoms with E-state index in [0.29, 0.717) is 31.7 Å². The van der Waals surface area contributed by atoms with E-state index in [1.807, 2.05) is 12.1 Å². The van der Waals surface area contributed by atoms with Crippen LogP contribution in [0.25, 0.3) is 0 Å². The maximum atomic E-state index is 13.5. The number of rotatable bonds is 5. The molecule has 7 nitrogen and oxygen atoms in total. The lowest BCUT2D eigenvalue weighted by Gasteiger charge is -2.20. The van der Waals surface area contributed by atoms with Crippen molar-refractivity contribution in [2.24, 2.45) is 0 Å². The SMILES string of the molecule is O=C(NCc1ccccn1)c1cc2n(n1)CCCN(Cc1cccc(F)c1)C2=O. The number of hydrogen-bond acceptors (Lipinski definition) is 4. The molecule has 0 spiro atoms. The average Bonchev–Trinajstić information content (AvgIpc) is 3.10. The van der Waals surface area contributed by atoms with Crippen LogP contribution in [0.15, 0.2) is 54.7 Å². The molecule has 3 heterocycles. The second-order valence-corrected chi connectivity index (χ2v) is 6.85. The lowest BCUT2D eigenvalue weighted by atomic mass is 10.2. The molecule has 3 aromatic rings. The molecule has 29 heavy (non-hydrogen) atoms. The molecule has 1 aromatic carbocycles. The molecule has 0 aliphatic carbocycles. The van der Waals surface area contributed by atoms with Crippen molar-refractivity contribution >= 4 is 11.8 Å². The third-order valence-corrected chi connectivity index (χ3v) is 4.74. The first kappa shape index (κ1) is 18.8. The zero-order chi connectivity index (χ0) is 20.2. The van der Waals surface area contributed by atoms with Crippen LogP contribution >= 0.6 is 0 Å². The van der Waals surface area contributed by atoms with Crippen LogP contribution in [0.1, 0.15) is 38.7 Å². The summed E-state index contributed by atoms with van der Waals surface area (Å²) in [5, 5.41) is 7.07. The number of fused-ring (bicyclic) bond motifs is 1. The van der Waals surface area contributed by atoms with Crippen LogP contribution in [-0.4, -0.2) is 38.0 Å². The van der Waals surface area contributed by atoms with Gasteiger partial charge in [0, 0.05) is 31.9 Å². The molecular formula is C21H20FN5O2. The molecule has 0 saturated carbocycles. The highest BCUT2D eigenvalue weighted by Gasteiger charge is 2.26. The predicted molar refractivity (Wildman–Crippen MR) is 103 cm³/mol. The predicted octanol–water partition coefficient (Wildman–Crippen LogP) is 2.39. The van der Waals surface area contributed by atoms with E-state index in [4.69, 9.17) is 0 Å². The fourth-order valence-corrected chi connectivity index (χ4v) is 3.32. The smallest absolute Gasteiger partial charge is 0.272 e. The summed E-state index contributed by atoms with van der Waals surface area (Å²) in [7, 11) is 0. The number of carbonyl (C=O) groups excluding carboxylic acids is 2. The summed E-state index contributed by atoms with van der Waals surface area (Å²) in [6.45, 7) is 1.67. The molecular weight excluding hydrogens is 373 g/mol. The van der Waals surface area contributed by atoms with Crippen molar-refractivity contribution in [3.63, 3.8) is 0 Å². The Morgan fingerprint density at radius 2 is 2.03 bits per heavy atom. The van der Waals surface area contributed by atoms with Gasteiger partial charge in [-0.15, -0.1) is 0 Å². The molecule has 0 fully saturated rings. The first-order chi connectivity index (χ1) is 14.1. The second-order valence-electron chi connectivity index (χ2n) is 6.85. The molecule has 0 unspecified atom stereocenters. The van der Waals surface area contributed by atoms with Crippen LogP contribution in [0.4, 0.5) is 4.39 Å². The van der Waals surface area contributed by atoms with Gasteiger partial charge in [-0.05, 0) is 36.2 Å². The molecule has 1 aliphatic rings. The second kappa shape index (κ2) is 8.22. The van der Waals surface area contributed by atoms with Gasteiger partial charge in [0.2, 0.25) is 0 Å². The molecule has 8 heteroatoms. The van der Waals surface area contributed by atoms with Gasteiger partial charge in [0.05, 0.1) is 12.2 Å². The summed E-state index contributed by atoms with van der Waals surface area (Å²) < 4.78 is 15.0. The Morgan fingerprint density at radius 3 is 2.83 bits per heavy atom. The van der Waals surface area contributed by atoms with Crippen molar-refractivity contribution < 1.29 is 14.0 Å². The first-order valence-electron chi connectivity index (χ1n) is 9.40. The number of aryl methyl sites for hydroxylation is 1. The Kier molecular flexibility index (Phi) is 5.33. The number of amides is 2. The van der Waals surface area contributed by atoms with E-state index in [2.05, 4.69) is 15.4 Å². The molecule has 0 radical (unpaired) electrons. The Morgan fingerprint density at radius 1 is 1.14 bits per heavy atom. The van der Waals surface area contributed by atoms with Crippen LogP contribution in [-0.2, 0) is 19.6 Å². The topological polar surface area (TPSA) is 80.1 Å². The number of benzene rings is 1. The molecule has 4 rings (SSSR count). The third kappa shape index (κ3) is 4.31. The number of hydrogen-bond donors (Lipinski definition) is 1. The fraction of sp³-hybridized carbons (Fsp3) is 0.238. The van der Waals surface area contributed by atoms with Gasteiger partial charge in [0.15, 0.2) is 5.69 Å². The molecule has 0 saturated heterocycles. The van der Waals surface area contributed by atoms with Crippen LogP contribution in [0.2, 0.25) is 0 Å². The van der Waals surface area contributed by atoms with Gasteiger partial charge in [-0.25, -0.2) is 4.39 Å². The van der Waals surface area contributed by atoms with Crippen molar-refractivity contribution in [2.45, 2.75) is 26.1 Å². The van der Waals surface area contributed by atoms with E-state index < -0.39 is 0 Å². The quantitative estimate of drug-likeness (QED) is 0.722. The lowest BCUT2D eigenvalue weighted by molar-refractivity contribution is 0.0745. The molecule has 0 atom stereocenters. The van der Waals surface area contributed by atoms with Crippen LogP contribution < -0.4 is 5.32 Å². The molecule has 0 bridgehead atoms. The van der Waals surface area contributed by atoms with E-state index in [9.17, 15) is 14.0 Å². The Labute approximate surface area is 167 Å². The zero-order valence-electron chi connectivity index (χ0n) is 15.7. The van der Waals surface area contributed by atoms with Crippen molar-refractivity contribution in [3.8, 4) is 0 Å². The Balaban J connectivity index is 1.48. The molecule has 148 valence electrons. The number of nitrogens with one attached hydrogen (secondary N) is 1. The van der Waals surface area contributed by atoms with Crippen molar-refractivity contribution in [2.75, 3.05) is 6.54 Å². The van der Waals surface area contributed by atoms with Gasteiger partial charge in [-0.3, -0.25) is 19.3 Å². The summed E-state index contributed by atoms with van der Waals surface area (Å²) in [4.78, 5) is 31.2. The van der Waals surface area contributed by atoms with Crippen LogP contribution in [0.5, 0.6) is 0 Å². The summed E-state index contributed by atoms with van der Waals surface area (Å²) in [5.74, 6) is -0.912. The van der Waals surface area contributed by atoms with E-state index in [1.54, 1.807) is 34.0 Å². The maximum Gasteiger partial charge on any atom is 0.272 e. The average molecular weight is 393 g/mol. The van der Waals surface area contributed by atoms with E-state index in [-0.39, 0.29) is 29.9 Å². The number of pyridine rings is 1. The minimum Gasteiger partial charge on any atom is -0.345 e. The van der Waals surface area contributed by atoms with Gasteiger partial charge < -0.3 is 10.2 Å². The van der Waals surface area contributed by atoms with Crippen molar-refractivity contribution in [1.29, 1.82) is 0 Å². The summed E-state index contributed by atoms with van der Waals surface area (Å²) >= 11 is 0. The van der Waals surface area contributed by atoms with Crippen LogP contribution in [0, 0.1) is 5.82 Å². The van der Waals surface area contributed by atoms with Gasteiger partial charge in [-0.1, -0.05) is 18.2 Å². The highest BCUT2D eigenvalue weighted by Crippen LogP contribution is 2.17. The normalized spacial score (nSPS) is 13.7. The minimum atomic E-state index is -0.360. The zero-order valence-corrected chi connectivity index (χ0v) is 15.7. The summed E-state index contributed by atoms with van der Waals surface area (Å²) in [6.07, 6.45) is 2.36. The lowest BCUT2D eigenvalue weighted by Crippen LogP contribution is -2.30. The highest BCUT2D eigenvalue weighted by atomic mass is 19.1. The standard InChI is InChI=1S/C21H20FN5O2/c22-16-6-3-5-15(11-16)14-26-9-4-10-27-19(21(26)29)12-18(25-27)20(28)24-13-17-7-1-2-8-23-17/h1-3,5-8,11-12H,4,9-10,13-14H2,(H,24,28). The molecule has 1 aliphatic heterocycles. The summed E-state index contributed by atoms with van der Waals surface area (Å²) in [6, 6.07) is 13.2. The van der Waals surface area contributed by atoms with Gasteiger partial charge in [0.1, 0.15) is 11.5 Å². The van der Waals surface area contributed by atoms with Crippen LogP contribution in [0.3, 0.4) is 0 Å². The number of aromatic nitrogens is 3. The third-order valence-electron chi connectivity index (χ3n) is 4.74. The van der Waals surface area contributed by atoms with Gasteiger partial charge in [0.25, 0.3) is 11.8 Å². The molecule has 1 N–H and O–H groups in total. The first-order valence-corrected chi connectivity index (χ1v) is 9.40. The van der Waals surface area contributed by atoms with E-state index in [1.165, 1.54) is 18.2 Å². The van der Waals surface area contributed by atoms with Crippen molar-refractivity contribution in [1.82, 2.24) is 25.0 Å². The molecule has 2 amide bonds. The van der Waals surface area contributed by atoms with Crippen molar-refractivity contribution in [3.05, 3.63) is 83.2 Å². The monoisotopic (exact) mass is 393 g/mol. The number of carbonyl (C=O) groups is 2. The van der Waals surface area contributed by atoms with Gasteiger partial charge in [-0.2, -0.15) is 5.10 Å². The summed E-state index contributed by atoms with van der Waals surface area (Å²) in [5.41, 5.74) is 2.01. The largest absolute Gasteiger partial charge is 0.345 e. The Bertz CT molecular complexity index is 1030. The fourth-order valence-electron chi connectivity index (χ4n) is 3.32. The maximum absolute atomic E-state index is 13.5. The Hall–Kier alpha value is -3.55. The number of halogens is 1. The number of nitrogens with zero attached hydrogens (tertiary/aromatic N) is 4.